The van der Waals surface area contributed by atoms with Gasteiger partial charge in [-0.1, -0.05) is 32.3 Å². The summed E-state index contributed by atoms with van der Waals surface area (Å²) in [5.74, 6) is 0.655. The van der Waals surface area contributed by atoms with Gasteiger partial charge in [-0.25, -0.2) is 0 Å². The topological polar surface area (TPSA) is 63.0 Å². The van der Waals surface area contributed by atoms with E-state index in [1.165, 1.54) is 0 Å². The Balaban J connectivity index is 1.96. The van der Waals surface area contributed by atoms with Gasteiger partial charge in [0.25, 0.3) is 0 Å². The Morgan fingerprint density at radius 2 is 2.11 bits per heavy atom. The average Bonchev–Trinajstić information content (AvgIpc) is 3.38. The van der Waals surface area contributed by atoms with Crippen molar-refractivity contribution in [3.05, 3.63) is 36.8 Å². The predicted octanol–water partition coefficient (Wildman–Crippen LogP) is 3.77. The molecule has 1 unspecified atom stereocenters. The second-order valence-electron chi connectivity index (χ2n) is 7.36. The SMILES string of the molecule is C=CCN(CC(=O)N(Cc1ccco1)CC1CCCO1)C(=O)CCCCCC. The van der Waals surface area contributed by atoms with E-state index in [-0.39, 0.29) is 24.5 Å². The molecule has 1 aliphatic rings. The molecule has 0 N–H and O–H groups in total. The molecule has 0 aromatic carbocycles. The van der Waals surface area contributed by atoms with E-state index in [1.54, 1.807) is 22.1 Å². The molecule has 0 radical (unpaired) electrons. The molecule has 0 bridgehead atoms. The predicted molar refractivity (Wildman–Crippen MR) is 109 cm³/mol. The molecule has 2 heterocycles. The Morgan fingerprint density at radius 1 is 1.25 bits per heavy atom. The maximum absolute atomic E-state index is 13.0. The molecule has 1 saturated heterocycles. The van der Waals surface area contributed by atoms with Gasteiger partial charge in [0.15, 0.2) is 0 Å². The van der Waals surface area contributed by atoms with Gasteiger partial charge in [-0.2, -0.15) is 0 Å². The fourth-order valence-corrected chi connectivity index (χ4v) is 3.41. The van der Waals surface area contributed by atoms with Gasteiger partial charge in [-0.05, 0) is 31.4 Å². The highest BCUT2D eigenvalue weighted by atomic mass is 16.5. The molecule has 28 heavy (non-hydrogen) atoms. The van der Waals surface area contributed by atoms with Crippen LogP contribution in [0.2, 0.25) is 0 Å². The maximum atomic E-state index is 13.0. The first-order valence-electron chi connectivity index (χ1n) is 10.4. The van der Waals surface area contributed by atoms with E-state index in [9.17, 15) is 9.59 Å². The van der Waals surface area contributed by atoms with Gasteiger partial charge >= 0.3 is 0 Å². The molecule has 156 valence electrons. The number of unbranched alkanes of at least 4 members (excludes halogenated alkanes) is 3. The Hall–Kier alpha value is -2.08. The van der Waals surface area contributed by atoms with Crippen molar-refractivity contribution in [2.24, 2.45) is 0 Å². The van der Waals surface area contributed by atoms with Gasteiger partial charge in [0, 0.05) is 26.1 Å². The van der Waals surface area contributed by atoms with Crippen molar-refractivity contribution in [1.29, 1.82) is 0 Å². The number of ether oxygens (including phenoxy) is 1. The number of rotatable bonds is 13. The molecule has 1 atom stereocenters. The van der Waals surface area contributed by atoms with Gasteiger partial charge in [0.2, 0.25) is 11.8 Å². The molecule has 0 saturated carbocycles. The van der Waals surface area contributed by atoms with Crippen molar-refractivity contribution in [3.63, 3.8) is 0 Å². The number of carbonyl (C=O) groups excluding carboxylic acids is 2. The third-order valence-electron chi connectivity index (χ3n) is 5.00. The average molecular weight is 391 g/mol. The Morgan fingerprint density at radius 3 is 2.75 bits per heavy atom. The minimum absolute atomic E-state index is 0.0134. The number of hydrogen-bond donors (Lipinski definition) is 0. The Kier molecular flexibility index (Phi) is 9.83. The lowest BCUT2D eigenvalue weighted by molar-refractivity contribution is -0.141. The first-order chi connectivity index (χ1) is 13.6. The van der Waals surface area contributed by atoms with Crippen LogP contribution in [-0.4, -0.2) is 54.0 Å². The molecule has 0 spiro atoms. The lowest BCUT2D eigenvalue weighted by Gasteiger charge is -2.28. The highest BCUT2D eigenvalue weighted by Gasteiger charge is 2.25. The summed E-state index contributed by atoms with van der Waals surface area (Å²) in [4.78, 5) is 29.0. The fourth-order valence-electron chi connectivity index (χ4n) is 3.41. The van der Waals surface area contributed by atoms with E-state index >= 15 is 0 Å². The summed E-state index contributed by atoms with van der Waals surface area (Å²) in [6, 6.07) is 3.67. The van der Waals surface area contributed by atoms with Crippen LogP contribution in [0.15, 0.2) is 35.5 Å². The smallest absolute Gasteiger partial charge is 0.242 e. The minimum atomic E-state index is -0.0874. The molecule has 2 rings (SSSR count). The Bertz CT molecular complexity index is 594. The summed E-state index contributed by atoms with van der Waals surface area (Å²) in [6.07, 6.45) is 9.95. The lowest BCUT2D eigenvalue weighted by atomic mass is 10.1. The molecule has 0 aliphatic carbocycles. The zero-order chi connectivity index (χ0) is 20.2. The second-order valence-corrected chi connectivity index (χ2v) is 7.36. The zero-order valence-electron chi connectivity index (χ0n) is 17.1. The normalized spacial score (nSPS) is 16.1. The lowest BCUT2D eigenvalue weighted by Crippen LogP contribution is -2.45. The van der Waals surface area contributed by atoms with Gasteiger partial charge in [0.05, 0.1) is 18.9 Å². The van der Waals surface area contributed by atoms with Crippen LogP contribution >= 0.6 is 0 Å². The van der Waals surface area contributed by atoms with Crippen LogP contribution in [0.5, 0.6) is 0 Å². The van der Waals surface area contributed by atoms with Crippen LogP contribution in [0.1, 0.15) is 57.6 Å². The zero-order valence-corrected chi connectivity index (χ0v) is 17.1. The van der Waals surface area contributed by atoms with E-state index in [4.69, 9.17) is 9.15 Å². The minimum Gasteiger partial charge on any atom is -0.467 e. The molecule has 6 nitrogen and oxygen atoms in total. The summed E-state index contributed by atoms with van der Waals surface area (Å²) < 4.78 is 11.1. The summed E-state index contributed by atoms with van der Waals surface area (Å²) in [5.41, 5.74) is 0. The molecule has 6 heteroatoms. The molecular weight excluding hydrogens is 356 g/mol. The quantitative estimate of drug-likeness (QED) is 0.380. The fraction of sp³-hybridized carbons (Fsp3) is 0.636. The van der Waals surface area contributed by atoms with Crippen molar-refractivity contribution in [2.45, 2.75) is 64.5 Å². The van der Waals surface area contributed by atoms with Gasteiger partial charge in [0.1, 0.15) is 12.3 Å². The third kappa shape index (κ3) is 7.50. The monoisotopic (exact) mass is 390 g/mol. The van der Waals surface area contributed by atoms with E-state index in [0.29, 0.717) is 26.1 Å². The van der Waals surface area contributed by atoms with Crippen molar-refractivity contribution in [2.75, 3.05) is 26.2 Å². The molecular formula is C22H34N2O4. The van der Waals surface area contributed by atoms with Crippen LogP contribution in [0, 0.1) is 0 Å². The highest BCUT2D eigenvalue weighted by Crippen LogP contribution is 2.16. The molecule has 1 aliphatic heterocycles. The third-order valence-corrected chi connectivity index (χ3v) is 5.00. The molecule has 1 aromatic heterocycles. The molecule has 1 aromatic rings. The van der Waals surface area contributed by atoms with E-state index in [2.05, 4.69) is 13.5 Å². The number of hydrogen-bond acceptors (Lipinski definition) is 4. The molecule has 2 amide bonds. The number of amides is 2. The highest BCUT2D eigenvalue weighted by molar-refractivity contribution is 5.85. The van der Waals surface area contributed by atoms with E-state index in [1.807, 2.05) is 12.1 Å². The van der Waals surface area contributed by atoms with Crippen LogP contribution in [0.25, 0.3) is 0 Å². The van der Waals surface area contributed by atoms with Crippen LogP contribution in [-0.2, 0) is 20.9 Å². The summed E-state index contributed by atoms with van der Waals surface area (Å²) >= 11 is 0. The number of carbonyl (C=O) groups is 2. The van der Waals surface area contributed by atoms with Gasteiger partial charge in [-0.15, -0.1) is 6.58 Å². The number of furan rings is 1. The van der Waals surface area contributed by atoms with Crippen molar-refractivity contribution >= 4 is 11.8 Å². The second kappa shape index (κ2) is 12.4. The number of nitrogens with zero attached hydrogens (tertiary/aromatic N) is 2. The largest absolute Gasteiger partial charge is 0.467 e. The first kappa shape index (κ1) is 22.2. The molecule has 1 fully saturated rings. The van der Waals surface area contributed by atoms with E-state index < -0.39 is 0 Å². The van der Waals surface area contributed by atoms with Crippen molar-refractivity contribution < 1.29 is 18.7 Å². The maximum Gasteiger partial charge on any atom is 0.242 e. The summed E-state index contributed by atoms with van der Waals surface area (Å²) in [6.45, 7) is 7.97. The Labute approximate surface area is 168 Å². The first-order valence-corrected chi connectivity index (χ1v) is 10.4. The summed E-state index contributed by atoms with van der Waals surface area (Å²) in [7, 11) is 0. The van der Waals surface area contributed by atoms with Gasteiger partial charge in [-0.3, -0.25) is 9.59 Å². The van der Waals surface area contributed by atoms with Crippen LogP contribution in [0.4, 0.5) is 0 Å². The van der Waals surface area contributed by atoms with Crippen LogP contribution < -0.4 is 0 Å². The van der Waals surface area contributed by atoms with E-state index in [0.717, 1.165) is 50.9 Å². The van der Waals surface area contributed by atoms with Crippen molar-refractivity contribution in [1.82, 2.24) is 9.80 Å². The van der Waals surface area contributed by atoms with Gasteiger partial charge < -0.3 is 19.0 Å². The summed E-state index contributed by atoms with van der Waals surface area (Å²) in [5, 5.41) is 0. The standard InChI is InChI=1S/C22H34N2O4/c1-3-5-6-7-12-21(25)23(13-4-2)18-22(26)24(16-19-10-8-14-27-19)17-20-11-9-15-28-20/h4,8,10,14,20H,2-3,5-7,9,11-13,15-18H2,1H3. The van der Waals surface area contributed by atoms with Crippen LogP contribution in [0.3, 0.4) is 0 Å². The van der Waals surface area contributed by atoms with Crippen molar-refractivity contribution in [3.8, 4) is 0 Å².